The number of ether oxygens (including phenoxy) is 1. The van der Waals surface area contributed by atoms with Crippen molar-refractivity contribution < 1.29 is 23.9 Å². The Morgan fingerprint density at radius 3 is 2.20 bits per heavy atom. The monoisotopic (exact) mass is 702 g/mol. The number of hydrogen-bond acceptors (Lipinski definition) is 6. The minimum atomic E-state index is -1.07. The number of anilines is 1. The number of ketones is 1. The predicted octanol–water partition coefficient (Wildman–Crippen LogP) is 8.02. The Balaban J connectivity index is 1.22. The quantitative estimate of drug-likeness (QED) is 0.0874. The molecule has 3 aliphatic rings. The van der Waals surface area contributed by atoms with Crippen molar-refractivity contribution in [3.05, 3.63) is 104 Å². The smallest absolute Gasteiger partial charge is 0.339 e. The van der Waals surface area contributed by atoms with Crippen molar-refractivity contribution in [1.82, 2.24) is 4.98 Å². The molecule has 1 saturated heterocycles. The summed E-state index contributed by atoms with van der Waals surface area (Å²) in [7, 11) is 0. The number of aromatic nitrogens is 1. The van der Waals surface area contributed by atoms with Crippen LogP contribution in [0.5, 0.6) is 0 Å². The van der Waals surface area contributed by atoms with E-state index in [9.17, 15) is 19.2 Å². The van der Waals surface area contributed by atoms with E-state index < -0.39 is 12.1 Å². The van der Waals surface area contributed by atoms with Gasteiger partial charge in [0, 0.05) is 26.0 Å². The lowest BCUT2D eigenvalue weighted by Gasteiger charge is -2.18. The van der Waals surface area contributed by atoms with E-state index >= 15 is 0 Å². The number of amides is 2. The number of rotatable bonds is 6. The van der Waals surface area contributed by atoms with Crippen molar-refractivity contribution >= 4 is 79.3 Å². The molecule has 4 aromatic rings. The first kappa shape index (κ1) is 29.8. The van der Waals surface area contributed by atoms with Gasteiger partial charge in [-0.3, -0.25) is 19.3 Å². The van der Waals surface area contributed by atoms with Crippen molar-refractivity contribution in [2.24, 2.45) is 23.7 Å². The van der Waals surface area contributed by atoms with E-state index in [-0.39, 0.29) is 46.8 Å². The number of carbonyl (C=O) groups excluding carboxylic acids is 4. The lowest BCUT2D eigenvalue weighted by Crippen LogP contribution is -2.32. The molecule has 5 unspecified atom stereocenters. The van der Waals surface area contributed by atoms with E-state index in [0.29, 0.717) is 53.5 Å². The predicted molar refractivity (Wildman–Crippen MR) is 175 cm³/mol. The maximum Gasteiger partial charge on any atom is 0.339 e. The summed E-state index contributed by atoms with van der Waals surface area (Å²) in [5, 5.41) is 1.45. The van der Waals surface area contributed by atoms with Crippen molar-refractivity contribution in [2.45, 2.75) is 26.4 Å². The molecule has 1 aromatic heterocycles. The number of hydrogen-bond donors (Lipinski definition) is 0. The minimum Gasteiger partial charge on any atom is -0.451 e. The van der Waals surface area contributed by atoms with Crippen LogP contribution in [0.4, 0.5) is 5.69 Å². The molecular weight excluding hydrogens is 679 g/mol. The minimum absolute atomic E-state index is 0.125. The molecule has 5 atom stereocenters. The second-order valence-corrected chi connectivity index (χ2v) is 13.4. The average Bonchev–Trinajstić information content (AvgIpc) is 3.73. The molecule has 0 spiro atoms. The molecule has 2 fully saturated rings. The first-order valence-corrected chi connectivity index (χ1v) is 16.0. The van der Waals surface area contributed by atoms with Crippen LogP contribution in [0, 0.1) is 30.6 Å². The van der Waals surface area contributed by atoms with E-state index in [0.717, 1.165) is 6.42 Å². The highest BCUT2D eigenvalue weighted by molar-refractivity contribution is 9.10. The fourth-order valence-corrected chi connectivity index (χ4v) is 7.64. The summed E-state index contributed by atoms with van der Waals surface area (Å²) >= 11 is 16.0. The number of fused-ring (bicyclic) bond motifs is 6. The topological polar surface area (TPSA) is 93.6 Å². The van der Waals surface area contributed by atoms with Gasteiger partial charge in [-0.05, 0) is 102 Å². The number of pyridine rings is 1. The van der Waals surface area contributed by atoms with Crippen molar-refractivity contribution in [3.8, 4) is 11.3 Å². The molecular formula is C35H25BrCl2N2O5. The summed E-state index contributed by atoms with van der Waals surface area (Å²) < 4.78 is 6.26. The number of halogens is 3. The average molecular weight is 704 g/mol. The van der Waals surface area contributed by atoms with Gasteiger partial charge in [0.25, 0.3) is 0 Å². The zero-order chi connectivity index (χ0) is 31.7. The van der Waals surface area contributed by atoms with Crippen LogP contribution in [0.15, 0.2) is 77.3 Å². The number of carbonyl (C=O) groups is 4. The normalized spacial score (nSPS) is 22.3. The molecule has 10 heteroatoms. The van der Waals surface area contributed by atoms with Crippen molar-refractivity contribution in [2.75, 3.05) is 4.90 Å². The fourth-order valence-electron chi connectivity index (χ4n) is 6.84. The van der Waals surface area contributed by atoms with Gasteiger partial charge in [-0.15, -0.1) is 0 Å². The molecule has 3 aromatic carbocycles. The van der Waals surface area contributed by atoms with Gasteiger partial charge < -0.3 is 4.74 Å². The standard InChI is InChI=1S/C35H25BrCl2N2O5/c1-16-30(38)26(36)14-24-25(35(44)45-17(2)32(41)19-5-9-22(37)10-6-19)15-27(39-31(16)24)18-7-11-23(12-8-18)40-33(42)28-20-3-4-21(13-20)29(28)34(40)43/h3-12,14-15,17,20-21,28-29H,13H2,1-2H3. The number of Topliss-reactive ketones (excluding diaryl/α,β-unsaturated/α-hetero) is 1. The molecule has 1 aliphatic heterocycles. The van der Waals surface area contributed by atoms with Gasteiger partial charge in [-0.2, -0.15) is 0 Å². The third-order valence-electron chi connectivity index (χ3n) is 9.12. The number of esters is 1. The Labute approximate surface area is 277 Å². The van der Waals surface area contributed by atoms with Gasteiger partial charge in [-0.25, -0.2) is 9.78 Å². The second-order valence-electron chi connectivity index (χ2n) is 11.7. The van der Waals surface area contributed by atoms with E-state index in [2.05, 4.69) is 28.1 Å². The summed E-state index contributed by atoms with van der Waals surface area (Å²) in [6.45, 7) is 3.33. The van der Waals surface area contributed by atoms with Gasteiger partial charge in [-0.1, -0.05) is 47.5 Å². The summed E-state index contributed by atoms with van der Waals surface area (Å²) in [5.41, 5.74) is 3.33. The highest BCUT2D eigenvalue weighted by Crippen LogP contribution is 2.53. The van der Waals surface area contributed by atoms with E-state index in [1.807, 2.05) is 0 Å². The summed E-state index contributed by atoms with van der Waals surface area (Å²) in [6, 6.07) is 16.7. The maximum atomic E-state index is 13.6. The molecule has 0 radical (unpaired) electrons. The van der Waals surface area contributed by atoms with Crippen LogP contribution >= 0.6 is 39.1 Å². The van der Waals surface area contributed by atoms with Crippen LogP contribution in [-0.4, -0.2) is 34.7 Å². The summed E-state index contributed by atoms with van der Waals surface area (Å²) in [4.78, 5) is 59.4. The molecule has 2 amide bonds. The molecule has 2 aliphatic carbocycles. The van der Waals surface area contributed by atoms with Crippen LogP contribution < -0.4 is 4.90 Å². The lowest BCUT2D eigenvalue weighted by atomic mass is 9.85. The largest absolute Gasteiger partial charge is 0.451 e. The molecule has 2 bridgehead atoms. The fraction of sp³-hybridized carbons (Fsp3) is 0.229. The first-order chi connectivity index (χ1) is 21.5. The summed E-state index contributed by atoms with van der Waals surface area (Å²) in [6.07, 6.45) is 3.94. The molecule has 7 nitrogen and oxygen atoms in total. The number of allylic oxidation sites excluding steroid dienone is 2. The van der Waals surface area contributed by atoms with Gasteiger partial charge in [0.1, 0.15) is 0 Å². The van der Waals surface area contributed by atoms with Crippen molar-refractivity contribution in [3.63, 3.8) is 0 Å². The molecule has 7 rings (SSSR count). The molecule has 45 heavy (non-hydrogen) atoms. The third-order valence-corrected chi connectivity index (χ3v) is 10.7. The van der Waals surface area contributed by atoms with E-state index in [1.165, 1.54) is 11.8 Å². The van der Waals surface area contributed by atoms with E-state index in [4.69, 9.17) is 32.9 Å². The third kappa shape index (κ3) is 4.90. The zero-order valence-electron chi connectivity index (χ0n) is 24.1. The lowest BCUT2D eigenvalue weighted by molar-refractivity contribution is -0.123. The second kappa shape index (κ2) is 11.2. The number of nitrogens with zero attached hydrogens (tertiary/aromatic N) is 2. The number of aryl methyl sites for hydroxylation is 1. The molecule has 1 saturated carbocycles. The Bertz CT molecular complexity index is 1950. The molecule has 0 N–H and O–H groups in total. The van der Waals surface area contributed by atoms with Gasteiger partial charge in [0.15, 0.2) is 6.10 Å². The van der Waals surface area contributed by atoms with Gasteiger partial charge in [0.2, 0.25) is 17.6 Å². The Kier molecular flexibility index (Phi) is 7.42. The van der Waals surface area contributed by atoms with Crippen LogP contribution in [0.1, 0.15) is 39.6 Å². The number of imide groups is 1. The maximum absolute atomic E-state index is 13.6. The van der Waals surface area contributed by atoms with Crippen molar-refractivity contribution in [1.29, 1.82) is 0 Å². The van der Waals surface area contributed by atoms with Gasteiger partial charge >= 0.3 is 5.97 Å². The molecule has 226 valence electrons. The zero-order valence-corrected chi connectivity index (χ0v) is 27.2. The SMILES string of the molecule is Cc1c(Cl)c(Br)cc2c(C(=O)OC(C)C(=O)c3ccc(Cl)cc3)cc(-c3ccc(N4C(=O)C5C6C=CC(C6)C5C4=O)cc3)nc12. The molecule has 2 heterocycles. The van der Waals surface area contributed by atoms with Crippen LogP contribution in [0.25, 0.3) is 22.2 Å². The Morgan fingerprint density at radius 1 is 0.956 bits per heavy atom. The van der Waals surface area contributed by atoms with Gasteiger partial charge in [0.05, 0.1) is 39.3 Å². The van der Waals surface area contributed by atoms with E-state index in [1.54, 1.807) is 67.6 Å². The summed E-state index contributed by atoms with van der Waals surface area (Å²) in [5.74, 6) is -1.70. The first-order valence-electron chi connectivity index (χ1n) is 14.5. The Hall–Kier alpha value is -3.85. The van der Waals surface area contributed by atoms with Crippen LogP contribution in [-0.2, 0) is 14.3 Å². The van der Waals surface area contributed by atoms with Crippen LogP contribution in [0.2, 0.25) is 10.0 Å². The van der Waals surface area contributed by atoms with Crippen LogP contribution in [0.3, 0.4) is 0 Å². The Morgan fingerprint density at radius 2 is 1.58 bits per heavy atom. The highest BCUT2D eigenvalue weighted by atomic mass is 79.9. The highest BCUT2D eigenvalue weighted by Gasteiger charge is 2.59. The number of benzene rings is 3.